The van der Waals surface area contributed by atoms with Crippen molar-refractivity contribution in [2.75, 3.05) is 26.2 Å². The van der Waals surface area contributed by atoms with Gasteiger partial charge >= 0.3 is 0 Å². The van der Waals surface area contributed by atoms with E-state index < -0.39 is 22.6 Å². The van der Waals surface area contributed by atoms with Crippen molar-refractivity contribution >= 4 is 43.4 Å². The highest BCUT2D eigenvalue weighted by molar-refractivity contribution is 7.77. The second-order valence-corrected chi connectivity index (χ2v) is 33.9. The Morgan fingerprint density at radius 1 is 0.385 bits per heavy atom. The van der Waals surface area contributed by atoms with Crippen molar-refractivity contribution in [2.24, 2.45) is 0 Å². The van der Waals surface area contributed by atoms with Crippen LogP contribution in [0.2, 0.25) is 13.1 Å². The van der Waals surface area contributed by atoms with Crippen molar-refractivity contribution in [2.45, 2.75) is 40.8 Å². The van der Waals surface area contributed by atoms with Gasteiger partial charge in [0.1, 0.15) is 0 Å². The lowest BCUT2D eigenvalue weighted by Crippen LogP contribution is -2.97. The average Bonchev–Trinajstić information content (AvgIpc) is 3.00. The SMILES string of the molecule is CCN(CC)[Si](c1ccccc1)(c1ccccc1)[Si](C)(C)[Si](c1ccccc1)(c1ccccc1)N(CC)CC. The van der Waals surface area contributed by atoms with Gasteiger partial charge in [-0.05, 0) is 46.9 Å². The van der Waals surface area contributed by atoms with E-state index >= 15 is 0 Å². The lowest BCUT2D eigenvalue weighted by molar-refractivity contribution is 0.478. The van der Waals surface area contributed by atoms with Gasteiger partial charge in [-0.2, -0.15) is 0 Å². The molecule has 4 rings (SSSR count). The van der Waals surface area contributed by atoms with Crippen LogP contribution in [0.25, 0.3) is 0 Å². The van der Waals surface area contributed by atoms with E-state index in [1.165, 1.54) is 0 Å². The van der Waals surface area contributed by atoms with Crippen LogP contribution >= 0.6 is 0 Å². The van der Waals surface area contributed by atoms with E-state index in [0.717, 1.165) is 26.2 Å². The zero-order valence-corrected chi connectivity index (χ0v) is 27.8. The lowest BCUT2D eigenvalue weighted by atomic mass is 10.4. The molecule has 5 heteroatoms. The third kappa shape index (κ3) is 4.74. The summed E-state index contributed by atoms with van der Waals surface area (Å²) >= 11 is 0. The number of benzene rings is 4. The maximum absolute atomic E-state index is 2.93. The van der Waals surface area contributed by atoms with Crippen LogP contribution in [0.5, 0.6) is 0 Å². The molecule has 0 saturated heterocycles. The molecule has 0 aromatic heterocycles. The van der Waals surface area contributed by atoms with Crippen LogP contribution in [-0.4, -0.2) is 57.9 Å². The average molecular weight is 567 g/mol. The molecule has 4 aromatic rings. The fourth-order valence-electron chi connectivity index (χ4n) is 7.67. The molecule has 0 aliphatic carbocycles. The van der Waals surface area contributed by atoms with Gasteiger partial charge in [0.15, 0.2) is 15.5 Å². The molecule has 0 fully saturated rings. The van der Waals surface area contributed by atoms with Gasteiger partial charge in [0.25, 0.3) is 0 Å². The molecule has 4 aromatic carbocycles. The van der Waals surface area contributed by atoms with Crippen LogP contribution in [0.3, 0.4) is 0 Å². The van der Waals surface area contributed by atoms with Crippen LogP contribution < -0.4 is 20.7 Å². The first kappa shape index (κ1) is 29.4. The van der Waals surface area contributed by atoms with E-state index in [0.29, 0.717) is 0 Å². The number of rotatable bonds is 12. The topological polar surface area (TPSA) is 6.48 Å². The number of hydrogen-bond acceptors (Lipinski definition) is 2. The molecular weight excluding hydrogens is 521 g/mol. The fraction of sp³-hybridized carbons (Fsp3) is 0.294. The fourth-order valence-corrected chi connectivity index (χ4v) is 51.0. The molecule has 0 saturated carbocycles. The first-order chi connectivity index (χ1) is 19.0. The van der Waals surface area contributed by atoms with Crippen molar-refractivity contribution in [3.8, 4) is 0 Å². The summed E-state index contributed by atoms with van der Waals surface area (Å²) in [6.07, 6.45) is 0. The monoisotopic (exact) mass is 566 g/mol. The maximum atomic E-state index is 2.93. The lowest BCUT2D eigenvalue weighted by Gasteiger charge is -2.61. The highest BCUT2D eigenvalue weighted by Gasteiger charge is 2.68. The molecule has 2 nitrogen and oxygen atoms in total. The van der Waals surface area contributed by atoms with E-state index in [2.05, 4.69) is 171 Å². The molecule has 0 unspecified atom stereocenters. The summed E-state index contributed by atoms with van der Waals surface area (Å²) in [6.45, 7) is 19.3. The van der Waals surface area contributed by atoms with Crippen molar-refractivity contribution in [3.63, 3.8) is 0 Å². The van der Waals surface area contributed by atoms with Crippen molar-refractivity contribution in [1.29, 1.82) is 0 Å². The van der Waals surface area contributed by atoms with E-state index in [-0.39, 0.29) is 0 Å². The van der Waals surface area contributed by atoms with E-state index in [1.54, 1.807) is 20.7 Å². The highest BCUT2D eigenvalue weighted by Crippen LogP contribution is 2.34. The Morgan fingerprint density at radius 3 is 0.769 bits per heavy atom. The molecule has 39 heavy (non-hydrogen) atoms. The molecule has 0 bridgehead atoms. The van der Waals surface area contributed by atoms with Crippen LogP contribution in [-0.2, 0) is 0 Å². The predicted molar refractivity (Wildman–Crippen MR) is 179 cm³/mol. The summed E-state index contributed by atoms with van der Waals surface area (Å²) in [5.74, 6) is 0. The summed E-state index contributed by atoms with van der Waals surface area (Å²) < 4.78 is 5.86. The summed E-state index contributed by atoms with van der Waals surface area (Å²) in [7, 11) is -7.32. The van der Waals surface area contributed by atoms with Gasteiger partial charge in [-0.25, -0.2) is 0 Å². The predicted octanol–water partition coefficient (Wildman–Crippen LogP) is 5.06. The Bertz CT molecular complexity index is 1090. The van der Waals surface area contributed by atoms with Crippen LogP contribution in [0, 0.1) is 0 Å². The Kier molecular flexibility index (Phi) is 9.62. The molecule has 0 aliphatic rings. The molecule has 0 radical (unpaired) electrons. The molecule has 0 aliphatic heterocycles. The Hall–Kier alpha value is -2.55. The van der Waals surface area contributed by atoms with Gasteiger partial charge in [-0.15, -0.1) is 0 Å². The zero-order valence-electron chi connectivity index (χ0n) is 24.8. The minimum absolute atomic E-state index is 1.05. The van der Waals surface area contributed by atoms with Crippen molar-refractivity contribution in [1.82, 2.24) is 9.13 Å². The minimum atomic E-state index is -2.51. The summed E-state index contributed by atoms with van der Waals surface area (Å²) in [6, 6.07) is 46.7. The molecular formula is C34H46N2Si3. The standard InChI is InChI=1S/C34H46N2Si3/c1-7-35(8-2)38(31-23-15-11-16-24-31,32-25-17-12-18-26-32)37(5,6)39(36(9-3)10-4,33-27-19-13-20-28-33)34-29-21-14-22-30-34/h11-30H,7-10H2,1-6H3. The minimum Gasteiger partial charge on any atom is -0.319 e. The number of hydrogen-bond donors (Lipinski definition) is 0. The summed E-state index contributed by atoms with van der Waals surface area (Å²) in [5, 5.41) is 6.25. The normalized spacial score (nSPS) is 12.7. The second-order valence-electron chi connectivity index (χ2n) is 10.9. The van der Waals surface area contributed by atoms with Crippen molar-refractivity contribution in [3.05, 3.63) is 121 Å². The zero-order chi connectivity index (χ0) is 27.9. The van der Waals surface area contributed by atoms with E-state index in [1.807, 2.05) is 0 Å². The molecule has 0 spiro atoms. The van der Waals surface area contributed by atoms with Gasteiger partial charge in [-0.1, -0.05) is 162 Å². The molecule has 0 heterocycles. The van der Waals surface area contributed by atoms with Crippen LogP contribution in [0.15, 0.2) is 121 Å². The number of nitrogens with zero attached hydrogens (tertiary/aromatic N) is 2. The third-order valence-corrected chi connectivity index (χ3v) is 43.2. The Labute approximate surface area is 240 Å². The quantitative estimate of drug-likeness (QED) is 0.221. The van der Waals surface area contributed by atoms with Gasteiger partial charge in [0.05, 0.1) is 7.11 Å². The van der Waals surface area contributed by atoms with Gasteiger partial charge < -0.3 is 9.13 Å². The van der Waals surface area contributed by atoms with Gasteiger partial charge in [0, 0.05) is 0 Å². The largest absolute Gasteiger partial charge is 0.319 e. The summed E-state index contributed by atoms with van der Waals surface area (Å²) in [4.78, 5) is 0. The van der Waals surface area contributed by atoms with Crippen molar-refractivity contribution < 1.29 is 0 Å². The molecule has 0 atom stereocenters. The second kappa shape index (κ2) is 12.7. The summed E-state index contributed by atoms with van der Waals surface area (Å²) in [5.41, 5.74) is 0. The van der Waals surface area contributed by atoms with Crippen LogP contribution in [0.4, 0.5) is 0 Å². The first-order valence-electron chi connectivity index (χ1n) is 14.7. The third-order valence-electron chi connectivity index (χ3n) is 9.05. The van der Waals surface area contributed by atoms with E-state index in [4.69, 9.17) is 0 Å². The first-order valence-corrected chi connectivity index (χ1v) is 23.6. The van der Waals surface area contributed by atoms with Gasteiger partial charge in [0.2, 0.25) is 0 Å². The smallest absolute Gasteiger partial charge is 0.179 e. The highest BCUT2D eigenvalue weighted by atomic mass is 29.6. The maximum Gasteiger partial charge on any atom is 0.179 e. The van der Waals surface area contributed by atoms with E-state index in [9.17, 15) is 0 Å². The van der Waals surface area contributed by atoms with Crippen LogP contribution in [0.1, 0.15) is 27.7 Å². The molecule has 0 amide bonds. The van der Waals surface area contributed by atoms with Gasteiger partial charge in [-0.3, -0.25) is 0 Å². The molecule has 0 N–H and O–H groups in total. The Morgan fingerprint density at radius 2 is 0.590 bits per heavy atom. The Balaban J connectivity index is 2.28. The molecule has 204 valence electrons.